The van der Waals surface area contributed by atoms with Crippen molar-refractivity contribution in [2.24, 2.45) is 4.99 Å². The molecule has 0 aromatic heterocycles. The minimum absolute atomic E-state index is 0.0107. The van der Waals surface area contributed by atoms with E-state index < -0.39 is 4.92 Å². The summed E-state index contributed by atoms with van der Waals surface area (Å²) >= 11 is 0. The third-order valence-corrected chi connectivity index (χ3v) is 6.69. The van der Waals surface area contributed by atoms with Crippen LogP contribution < -0.4 is 23.7 Å². The minimum Gasteiger partial charge on any atom is -0.497 e. The van der Waals surface area contributed by atoms with Crippen molar-refractivity contribution in [2.75, 3.05) is 34.0 Å². The van der Waals surface area contributed by atoms with Crippen molar-refractivity contribution < 1.29 is 33.4 Å². The molecule has 0 saturated carbocycles. The highest BCUT2D eigenvalue weighted by Crippen LogP contribution is 2.40. The van der Waals surface area contributed by atoms with Gasteiger partial charge in [0.1, 0.15) is 11.5 Å². The first-order chi connectivity index (χ1) is 19.5. The number of carbonyl (C=O) groups excluding carboxylic acids is 1. The molecule has 40 heavy (non-hydrogen) atoms. The monoisotopic (exact) mass is 547 g/mol. The van der Waals surface area contributed by atoms with E-state index in [1.54, 1.807) is 49.6 Å². The molecule has 11 nitrogen and oxygen atoms in total. The number of ether oxygens (including phenoxy) is 5. The Labute approximate surface area is 231 Å². The lowest BCUT2D eigenvalue weighted by Crippen LogP contribution is -2.35. The number of rotatable bonds is 11. The van der Waals surface area contributed by atoms with E-state index >= 15 is 0 Å². The number of hydrogen-bond acceptors (Lipinski definition) is 9. The highest BCUT2D eigenvalue weighted by atomic mass is 16.6. The standard InChI is InChI=1S/C29H29N3O8/c1-36-20-9-11-21(12-10-20)40-25-8-3-7-24(28(25)32(34)35)38-14-5-15-39-27-17-23-22(16-26(27)37-2)29(33)31-13-4-6-19(31)18-30-23/h3,7-12,16-19H,4-6,13-15H2,1-2H3/t19-/m0/s1. The maximum absolute atomic E-state index is 13.0. The van der Waals surface area contributed by atoms with Crippen LogP contribution in [0.4, 0.5) is 11.4 Å². The second-order valence-corrected chi connectivity index (χ2v) is 9.19. The van der Waals surface area contributed by atoms with E-state index in [4.69, 9.17) is 23.7 Å². The topological polar surface area (TPSA) is 122 Å². The fraction of sp³-hybridized carbons (Fsp3) is 0.310. The van der Waals surface area contributed by atoms with Crippen LogP contribution in [0, 0.1) is 10.1 Å². The summed E-state index contributed by atoms with van der Waals surface area (Å²) < 4.78 is 28.0. The Balaban J connectivity index is 1.22. The van der Waals surface area contributed by atoms with Crippen molar-refractivity contribution in [1.82, 2.24) is 4.90 Å². The molecular formula is C29H29N3O8. The van der Waals surface area contributed by atoms with Crippen molar-refractivity contribution in [2.45, 2.75) is 25.3 Å². The SMILES string of the molecule is COc1ccc(Oc2cccc(OCCCOc3cc4c(cc3OC)C(=O)N3CCC[C@H]3C=N4)c2[N+](=O)[O-])cc1. The Morgan fingerprint density at radius 1 is 0.950 bits per heavy atom. The maximum atomic E-state index is 13.0. The predicted octanol–water partition coefficient (Wildman–Crippen LogP) is 5.57. The van der Waals surface area contributed by atoms with E-state index in [1.807, 2.05) is 11.1 Å². The van der Waals surface area contributed by atoms with E-state index in [0.717, 1.165) is 12.8 Å². The van der Waals surface area contributed by atoms with Crippen LogP contribution >= 0.6 is 0 Å². The fourth-order valence-corrected chi connectivity index (χ4v) is 4.70. The van der Waals surface area contributed by atoms with Crippen LogP contribution in [0.25, 0.3) is 0 Å². The molecular weight excluding hydrogens is 518 g/mol. The molecule has 1 atom stereocenters. The van der Waals surface area contributed by atoms with Crippen LogP contribution in [-0.2, 0) is 0 Å². The predicted molar refractivity (Wildman–Crippen MR) is 147 cm³/mol. The summed E-state index contributed by atoms with van der Waals surface area (Å²) in [4.78, 5) is 30.7. The molecule has 1 saturated heterocycles. The fourth-order valence-electron chi connectivity index (χ4n) is 4.70. The highest BCUT2D eigenvalue weighted by Gasteiger charge is 2.32. The molecule has 0 radical (unpaired) electrons. The highest BCUT2D eigenvalue weighted by molar-refractivity contribution is 6.03. The third kappa shape index (κ3) is 5.63. The number of fused-ring (bicyclic) bond motifs is 2. The van der Waals surface area contributed by atoms with Crippen molar-refractivity contribution in [3.05, 3.63) is 70.3 Å². The van der Waals surface area contributed by atoms with Crippen LogP contribution in [0.15, 0.2) is 59.6 Å². The molecule has 0 spiro atoms. The molecule has 0 unspecified atom stereocenters. The van der Waals surface area contributed by atoms with Gasteiger partial charge < -0.3 is 28.6 Å². The lowest BCUT2D eigenvalue weighted by molar-refractivity contribution is -0.386. The lowest BCUT2D eigenvalue weighted by atomic mass is 10.1. The van der Waals surface area contributed by atoms with E-state index in [1.165, 1.54) is 19.2 Å². The molecule has 11 heteroatoms. The molecule has 5 rings (SSSR count). The summed E-state index contributed by atoms with van der Waals surface area (Å²) in [5.41, 5.74) is 0.752. The number of para-hydroxylation sites is 1. The molecule has 2 aliphatic heterocycles. The molecule has 0 N–H and O–H groups in total. The first kappa shape index (κ1) is 26.8. The van der Waals surface area contributed by atoms with Crippen LogP contribution in [0.1, 0.15) is 29.6 Å². The summed E-state index contributed by atoms with van der Waals surface area (Å²) in [5, 5.41) is 11.9. The number of benzene rings is 3. The van der Waals surface area contributed by atoms with Crippen LogP contribution in [0.2, 0.25) is 0 Å². The molecule has 3 aromatic rings. The molecule has 1 amide bonds. The summed E-state index contributed by atoms with van der Waals surface area (Å²) in [7, 11) is 3.07. The van der Waals surface area contributed by atoms with Gasteiger partial charge in [-0.25, -0.2) is 0 Å². The summed E-state index contributed by atoms with van der Waals surface area (Å²) in [6, 6.07) is 14.8. The van der Waals surface area contributed by atoms with Gasteiger partial charge >= 0.3 is 5.69 Å². The average Bonchev–Trinajstić information content (AvgIpc) is 3.40. The van der Waals surface area contributed by atoms with Gasteiger partial charge in [-0.15, -0.1) is 0 Å². The van der Waals surface area contributed by atoms with Gasteiger partial charge in [-0.3, -0.25) is 19.9 Å². The largest absolute Gasteiger partial charge is 0.497 e. The number of hydrogen-bond donors (Lipinski definition) is 0. The third-order valence-electron chi connectivity index (χ3n) is 6.69. The zero-order valence-corrected chi connectivity index (χ0v) is 22.2. The smallest absolute Gasteiger partial charge is 0.352 e. The van der Waals surface area contributed by atoms with Gasteiger partial charge in [0.05, 0.1) is 49.6 Å². The first-order valence-electron chi connectivity index (χ1n) is 12.9. The number of carbonyl (C=O) groups is 1. The number of aliphatic imine (C=N–C) groups is 1. The van der Waals surface area contributed by atoms with Gasteiger partial charge in [0.2, 0.25) is 11.5 Å². The van der Waals surface area contributed by atoms with Crippen molar-refractivity contribution in [3.63, 3.8) is 0 Å². The zero-order chi connectivity index (χ0) is 28.1. The zero-order valence-electron chi connectivity index (χ0n) is 22.2. The van der Waals surface area contributed by atoms with Crippen LogP contribution in [0.3, 0.4) is 0 Å². The molecule has 0 bridgehead atoms. The Bertz CT molecular complexity index is 1420. The van der Waals surface area contributed by atoms with E-state index in [2.05, 4.69) is 4.99 Å². The second kappa shape index (κ2) is 11.9. The molecule has 1 fully saturated rings. The van der Waals surface area contributed by atoms with Crippen molar-refractivity contribution in [3.8, 4) is 34.5 Å². The lowest BCUT2D eigenvalue weighted by Gasteiger charge is -2.20. The second-order valence-electron chi connectivity index (χ2n) is 9.19. The van der Waals surface area contributed by atoms with Crippen LogP contribution in [-0.4, -0.2) is 62.0 Å². The molecule has 208 valence electrons. The number of nitro benzene ring substituents is 1. The van der Waals surface area contributed by atoms with E-state index in [9.17, 15) is 14.9 Å². The van der Waals surface area contributed by atoms with Gasteiger partial charge in [-0.05, 0) is 55.3 Å². The Morgan fingerprint density at radius 3 is 2.40 bits per heavy atom. The quantitative estimate of drug-likeness (QED) is 0.173. The normalized spacial score (nSPS) is 15.6. The van der Waals surface area contributed by atoms with Gasteiger partial charge in [0, 0.05) is 25.2 Å². The van der Waals surface area contributed by atoms with Gasteiger partial charge in [0.25, 0.3) is 5.91 Å². The molecule has 2 heterocycles. The Morgan fingerprint density at radius 2 is 1.68 bits per heavy atom. The Kier molecular flexibility index (Phi) is 7.99. The number of amides is 1. The molecule has 3 aromatic carbocycles. The summed E-state index contributed by atoms with van der Waals surface area (Å²) in [6.45, 7) is 1.12. The van der Waals surface area contributed by atoms with Gasteiger partial charge in [0.15, 0.2) is 11.5 Å². The first-order valence-corrected chi connectivity index (χ1v) is 12.9. The number of nitrogens with zero attached hydrogens (tertiary/aromatic N) is 3. The van der Waals surface area contributed by atoms with Crippen molar-refractivity contribution >= 4 is 23.5 Å². The van der Waals surface area contributed by atoms with Crippen molar-refractivity contribution in [1.29, 1.82) is 0 Å². The molecule has 2 aliphatic rings. The average molecular weight is 548 g/mol. The minimum atomic E-state index is -0.530. The Hall–Kier alpha value is -4.80. The van der Waals surface area contributed by atoms with E-state index in [-0.39, 0.29) is 42.3 Å². The molecule has 0 aliphatic carbocycles. The van der Waals surface area contributed by atoms with Gasteiger partial charge in [-0.2, -0.15) is 0 Å². The van der Waals surface area contributed by atoms with E-state index in [0.29, 0.717) is 47.2 Å². The number of nitro groups is 1. The van der Waals surface area contributed by atoms with Crippen LogP contribution in [0.5, 0.6) is 34.5 Å². The summed E-state index contributed by atoms with van der Waals surface area (Å²) in [6.07, 6.45) is 4.11. The number of methoxy groups -OCH3 is 2. The van der Waals surface area contributed by atoms with Gasteiger partial charge in [-0.1, -0.05) is 6.07 Å². The maximum Gasteiger partial charge on any atom is 0.352 e. The summed E-state index contributed by atoms with van der Waals surface area (Å²) in [5.74, 6) is 2.05.